The monoisotopic (exact) mass is 346 g/mol. The fraction of sp³-hybridized carbons (Fsp3) is 0.533. The highest BCUT2D eigenvalue weighted by atomic mass is 35.5. The predicted molar refractivity (Wildman–Crippen MR) is 82.4 cm³/mol. The summed E-state index contributed by atoms with van der Waals surface area (Å²) in [5.41, 5.74) is 6.53. The number of phenolic OH excluding ortho intramolecular Hbond substituents is 1. The number of phenols is 1. The number of hydrogen-bond acceptors (Lipinski definition) is 5. The van der Waals surface area contributed by atoms with Crippen molar-refractivity contribution in [1.29, 1.82) is 0 Å². The van der Waals surface area contributed by atoms with Crippen molar-refractivity contribution in [3.8, 4) is 5.75 Å². The quantitative estimate of drug-likeness (QED) is 0.644. The minimum atomic E-state index is -1.40. The topological polar surface area (TPSA) is 107 Å². The lowest BCUT2D eigenvalue weighted by Crippen LogP contribution is -2.46. The Hall–Kier alpha value is -1.41. The Morgan fingerprint density at radius 1 is 1.43 bits per heavy atom. The highest BCUT2D eigenvalue weighted by Crippen LogP contribution is 2.35. The Morgan fingerprint density at radius 2 is 2.04 bits per heavy atom. The van der Waals surface area contributed by atoms with E-state index in [0.717, 1.165) is 6.07 Å². The normalized spacial score (nSPS) is 18.7. The van der Waals surface area contributed by atoms with Crippen LogP contribution in [0.3, 0.4) is 0 Å². The molecule has 1 unspecified atom stereocenters. The molecule has 0 radical (unpaired) electrons. The van der Waals surface area contributed by atoms with Gasteiger partial charge in [-0.15, -0.1) is 0 Å². The number of nitrogens with zero attached hydrogens (tertiary/aromatic N) is 1. The lowest BCUT2D eigenvalue weighted by atomic mass is 9.85. The number of carbonyl (C=O) groups excluding carboxylic acids is 1. The largest absolute Gasteiger partial charge is 0.508 e. The van der Waals surface area contributed by atoms with Gasteiger partial charge in [0.05, 0.1) is 11.6 Å². The van der Waals surface area contributed by atoms with Crippen molar-refractivity contribution in [1.82, 2.24) is 4.90 Å². The molecule has 1 aliphatic heterocycles. The number of carbonyl (C=O) groups is 1. The van der Waals surface area contributed by atoms with Gasteiger partial charge in [-0.1, -0.05) is 11.6 Å². The van der Waals surface area contributed by atoms with Crippen LogP contribution in [0.25, 0.3) is 0 Å². The smallest absolute Gasteiger partial charge is 0.253 e. The van der Waals surface area contributed by atoms with E-state index in [2.05, 4.69) is 0 Å². The third-order valence-electron chi connectivity index (χ3n) is 4.25. The summed E-state index contributed by atoms with van der Waals surface area (Å²) in [6.07, 6.45) is -0.265. The number of piperidine rings is 1. The average molecular weight is 347 g/mol. The molecular weight excluding hydrogens is 327 g/mol. The molecule has 1 fully saturated rings. The van der Waals surface area contributed by atoms with Gasteiger partial charge in [0.25, 0.3) is 5.91 Å². The Bertz CT molecular complexity index is 579. The first-order chi connectivity index (χ1) is 10.8. The summed E-state index contributed by atoms with van der Waals surface area (Å²) in [5, 5.41) is 27.9. The molecule has 5 N–H and O–H groups in total. The van der Waals surface area contributed by atoms with Gasteiger partial charge in [-0.2, -0.15) is 0 Å². The Morgan fingerprint density at radius 3 is 2.61 bits per heavy atom. The van der Waals surface area contributed by atoms with E-state index >= 15 is 0 Å². The highest BCUT2D eigenvalue weighted by Gasteiger charge is 2.31. The van der Waals surface area contributed by atoms with Crippen LogP contribution in [0.15, 0.2) is 12.1 Å². The summed E-state index contributed by atoms with van der Waals surface area (Å²) in [6.45, 7) is 0.175. The van der Waals surface area contributed by atoms with Gasteiger partial charge in [0.2, 0.25) is 0 Å². The molecule has 0 aliphatic carbocycles. The number of amides is 1. The summed E-state index contributed by atoms with van der Waals surface area (Å²) in [4.78, 5) is 13.3. The van der Waals surface area contributed by atoms with Gasteiger partial charge in [0.1, 0.15) is 11.6 Å². The van der Waals surface area contributed by atoms with E-state index in [1.54, 1.807) is 0 Å². The molecule has 8 heteroatoms. The van der Waals surface area contributed by atoms with E-state index in [-0.39, 0.29) is 16.7 Å². The molecule has 2 rings (SSSR count). The van der Waals surface area contributed by atoms with Crippen LogP contribution in [-0.4, -0.2) is 51.9 Å². The van der Waals surface area contributed by atoms with Gasteiger partial charge < -0.3 is 26.0 Å². The summed E-state index contributed by atoms with van der Waals surface area (Å²) in [5.74, 6) is -1.47. The van der Waals surface area contributed by atoms with Crippen LogP contribution in [0, 0.1) is 11.7 Å². The summed E-state index contributed by atoms with van der Waals surface area (Å²) < 4.78 is 13.3. The number of aliphatic hydroxyl groups is 2. The van der Waals surface area contributed by atoms with Crippen molar-refractivity contribution in [2.24, 2.45) is 11.7 Å². The fourth-order valence-electron chi connectivity index (χ4n) is 2.84. The summed E-state index contributed by atoms with van der Waals surface area (Å²) in [6, 6.07) is 1.73. The molecule has 0 spiro atoms. The Kier molecular flexibility index (Phi) is 5.80. The number of rotatable bonds is 4. The highest BCUT2D eigenvalue weighted by molar-refractivity contribution is 6.30. The molecule has 0 saturated carbocycles. The Labute approximate surface area is 138 Å². The maximum atomic E-state index is 13.3. The minimum absolute atomic E-state index is 0.0160. The number of benzene rings is 1. The second-order valence-corrected chi connectivity index (χ2v) is 6.12. The van der Waals surface area contributed by atoms with Gasteiger partial charge in [-0.3, -0.25) is 4.79 Å². The summed E-state index contributed by atoms with van der Waals surface area (Å²) >= 11 is 5.74. The molecule has 2 atom stereocenters. The average Bonchev–Trinajstić information content (AvgIpc) is 2.56. The van der Waals surface area contributed by atoms with Gasteiger partial charge >= 0.3 is 0 Å². The van der Waals surface area contributed by atoms with Gasteiger partial charge in [0, 0.05) is 30.8 Å². The molecule has 1 aromatic carbocycles. The van der Waals surface area contributed by atoms with E-state index in [0.29, 0.717) is 31.5 Å². The molecule has 1 saturated heterocycles. The molecular formula is C15H20ClFN2O4. The van der Waals surface area contributed by atoms with E-state index in [9.17, 15) is 19.4 Å². The van der Waals surface area contributed by atoms with Crippen molar-refractivity contribution in [2.75, 3.05) is 19.7 Å². The number of halogens is 2. The second kappa shape index (κ2) is 7.44. The van der Waals surface area contributed by atoms with Crippen LogP contribution in [0.4, 0.5) is 4.39 Å². The van der Waals surface area contributed by atoms with Gasteiger partial charge in [-0.25, -0.2) is 4.39 Å². The van der Waals surface area contributed by atoms with E-state index in [1.807, 2.05) is 0 Å². The third kappa shape index (κ3) is 3.92. The van der Waals surface area contributed by atoms with Gasteiger partial charge in [0.15, 0.2) is 6.10 Å². The standard InChI is InChI=1S/C15H20ClFN2O4/c16-10-5-9(12(21)6-11(10)17)14(18)8-1-3-19(4-2-8)15(23)13(22)7-20/h5-6,8,13-14,20-22H,1-4,7,18H2/t13-,14?/m1/s1. The van der Waals surface area contributed by atoms with Crippen LogP contribution < -0.4 is 5.73 Å². The zero-order chi connectivity index (χ0) is 17.1. The van der Waals surface area contributed by atoms with Crippen molar-refractivity contribution in [3.05, 3.63) is 28.5 Å². The lowest BCUT2D eigenvalue weighted by molar-refractivity contribution is -0.143. The third-order valence-corrected chi connectivity index (χ3v) is 4.54. The summed E-state index contributed by atoms with van der Waals surface area (Å²) in [7, 11) is 0. The van der Waals surface area contributed by atoms with Crippen molar-refractivity contribution in [2.45, 2.75) is 25.0 Å². The number of aromatic hydroxyl groups is 1. The molecule has 23 heavy (non-hydrogen) atoms. The minimum Gasteiger partial charge on any atom is -0.508 e. The number of hydrogen-bond donors (Lipinski definition) is 4. The molecule has 1 heterocycles. The van der Waals surface area contributed by atoms with Crippen LogP contribution in [0.1, 0.15) is 24.4 Å². The molecule has 1 aliphatic rings. The van der Waals surface area contributed by atoms with Crippen LogP contribution in [0.5, 0.6) is 5.75 Å². The first kappa shape index (κ1) is 17.9. The zero-order valence-electron chi connectivity index (χ0n) is 12.5. The van der Waals surface area contributed by atoms with Crippen molar-refractivity contribution >= 4 is 17.5 Å². The van der Waals surface area contributed by atoms with Crippen molar-refractivity contribution in [3.63, 3.8) is 0 Å². The molecule has 6 nitrogen and oxygen atoms in total. The maximum absolute atomic E-state index is 13.3. The lowest BCUT2D eigenvalue weighted by Gasteiger charge is -2.35. The van der Waals surface area contributed by atoms with E-state index in [4.69, 9.17) is 22.4 Å². The first-order valence-corrected chi connectivity index (χ1v) is 7.74. The van der Waals surface area contributed by atoms with Crippen LogP contribution in [-0.2, 0) is 4.79 Å². The molecule has 0 aromatic heterocycles. The van der Waals surface area contributed by atoms with Gasteiger partial charge in [-0.05, 0) is 24.8 Å². The van der Waals surface area contributed by atoms with E-state index in [1.165, 1.54) is 11.0 Å². The Balaban J connectivity index is 2.03. The van der Waals surface area contributed by atoms with Crippen molar-refractivity contribution < 1.29 is 24.5 Å². The molecule has 128 valence electrons. The number of likely N-dealkylation sites (tertiary alicyclic amines) is 1. The SMILES string of the molecule is NC(c1cc(Cl)c(F)cc1O)C1CCN(C(=O)[C@H](O)CO)CC1. The van der Waals surface area contributed by atoms with E-state index < -0.39 is 30.5 Å². The first-order valence-electron chi connectivity index (χ1n) is 7.36. The zero-order valence-corrected chi connectivity index (χ0v) is 13.2. The molecule has 1 aromatic rings. The molecule has 0 bridgehead atoms. The number of aliphatic hydroxyl groups excluding tert-OH is 2. The molecule has 1 amide bonds. The predicted octanol–water partition coefficient (Wildman–Crippen LogP) is 0.776. The van der Waals surface area contributed by atoms with Crippen LogP contribution >= 0.6 is 11.6 Å². The maximum Gasteiger partial charge on any atom is 0.253 e. The van der Waals surface area contributed by atoms with Crippen LogP contribution in [0.2, 0.25) is 5.02 Å². The number of nitrogens with two attached hydrogens (primary N) is 1. The fourth-order valence-corrected chi connectivity index (χ4v) is 3.01. The second-order valence-electron chi connectivity index (χ2n) is 5.71.